The Bertz CT molecular complexity index is 292. The van der Waals surface area contributed by atoms with Gasteiger partial charge in [-0.3, -0.25) is 15.3 Å². The predicted molar refractivity (Wildman–Crippen MR) is 55.8 cm³/mol. The Morgan fingerprint density at radius 1 is 1.21 bits per heavy atom. The quantitative estimate of drug-likeness (QED) is 0.434. The van der Waals surface area contributed by atoms with Crippen molar-refractivity contribution in [3.05, 3.63) is 35.4 Å². The molecule has 2 N–H and O–H groups in total. The first-order valence-corrected chi connectivity index (χ1v) is 4.42. The van der Waals surface area contributed by atoms with Gasteiger partial charge in [-0.1, -0.05) is 38.1 Å². The van der Waals surface area contributed by atoms with Crippen LogP contribution in [0.3, 0.4) is 0 Å². The van der Waals surface area contributed by atoms with E-state index < -0.39 is 0 Å². The molecule has 14 heavy (non-hydrogen) atoms. The highest BCUT2D eigenvalue weighted by Crippen LogP contribution is 2.19. The molecule has 1 aromatic rings. The first-order valence-electron chi connectivity index (χ1n) is 4.42. The summed E-state index contributed by atoms with van der Waals surface area (Å²) in [6.07, 6.45) is 0. The lowest BCUT2D eigenvalue weighted by Crippen LogP contribution is -2.00. The minimum absolute atomic E-state index is 0.152. The lowest BCUT2D eigenvalue weighted by Gasteiger charge is -2.09. The SMILES string of the molecule is CC(=O)c1ccccc1C(C)C.OO. The summed E-state index contributed by atoms with van der Waals surface area (Å²) in [4.78, 5) is 11.2. The molecule has 78 valence electrons. The van der Waals surface area contributed by atoms with Crippen LogP contribution in [0.25, 0.3) is 0 Å². The summed E-state index contributed by atoms with van der Waals surface area (Å²) < 4.78 is 0. The van der Waals surface area contributed by atoms with Crippen LogP contribution in [0.4, 0.5) is 0 Å². The van der Waals surface area contributed by atoms with Crippen LogP contribution in [-0.4, -0.2) is 16.3 Å². The zero-order chi connectivity index (χ0) is 11.1. The largest absolute Gasteiger partial charge is 0.295 e. The predicted octanol–water partition coefficient (Wildman–Crippen LogP) is 3.03. The molecule has 0 bridgehead atoms. The Hall–Kier alpha value is -1.19. The van der Waals surface area contributed by atoms with E-state index in [-0.39, 0.29) is 5.78 Å². The van der Waals surface area contributed by atoms with Gasteiger partial charge >= 0.3 is 0 Å². The average molecular weight is 196 g/mol. The Labute approximate surface area is 83.9 Å². The van der Waals surface area contributed by atoms with Crippen molar-refractivity contribution in [1.82, 2.24) is 0 Å². The highest BCUT2D eigenvalue weighted by Gasteiger charge is 2.08. The molecule has 0 aromatic heterocycles. The summed E-state index contributed by atoms with van der Waals surface area (Å²) in [6, 6.07) is 7.78. The van der Waals surface area contributed by atoms with Gasteiger partial charge in [-0.15, -0.1) is 0 Å². The summed E-state index contributed by atoms with van der Waals surface area (Å²) in [5, 5.41) is 12.0. The third-order valence-electron chi connectivity index (χ3n) is 1.96. The normalized spacial score (nSPS) is 9.29. The molecule has 0 saturated heterocycles. The van der Waals surface area contributed by atoms with E-state index in [0.717, 1.165) is 11.1 Å². The van der Waals surface area contributed by atoms with E-state index in [2.05, 4.69) is 13.8 Å². The van der Waals surface area contributed by atoms with Crippen molar-refractivity contribution in [2.24, 2.45) is 0 Å². The van der Waals surface area contributed by atoms with Crippen LogP contribution in [0.15, 0.2) is 24.3 Å². The van der Waals surface area contributed by atoms with Gasteiger partial charge in [0.15, 0.2) is 5.78 Å². The third-order valence-corrected chi connectivity index (χ3v) is 1.96. The first-order chi connectivity index (χ1) is 6.63. The van der Waals surface area contributed by atoms with Crippen molar-refractivity contribution in [1.29, 1.82) is 0 Å². The van der Waals surface area contributed by atoms with Gasteiger partial charge in [0, 0.05) is 5.56 Å². The maximum absolute atomic E-state index is 11.2. The lowest BCUT2D eigenvalue weighted by molar-refractivity contribution is -0.176. The molecule has 0 atom stereocenters. The minimum atomic E-state index is 0.152. The van der Waals surface area contributed by atoms with Crippen molar-refractivity contribution in [3.8, 4) is 0 Å². The smallest absolute Gasteiger partial charge is 0.160 e. The average Bonchev–Trinajstić information content (AvgIpc) is 2.20. The fraction of sp³-hybridized carbons (Fsp3) is 0.364. The van der Waals surface area contributed by atoms with Crippen LogP contribution in [-0.2, 0) is 0 Å². The summed E-state index contributed by atoms with van der Waals surface area (Å²) >= 11 is 0. The second kappa shape index (κ2) is 6.29. The van der Waals surface area contributed by atoms with E-state index in [4.69, 9.17) is 10.5 Å². The molecule has 3 nitrogen and oxygen atoms in total. The third kappa shape index (κ3) is 3.28. The van der Waals surface area contributed by atoms with Crippen molar-refractivity contribution in [2.45, 2.75) is 26.7 Å². The van der Waals surface area contributed by atoms with E-state index in [1.54, 1.807) is 6.92 Å². The monoisotopic (exact) mass is 196 g/mol. The van der Waals surface area contributed by atoms with Gasteiger partial charge in [-0.2, -0.15) is 0 Å². The topological polar surface area (TPSA) is 57.5 Å². The van der Waals surface area contributed by atoms with Crippen LogP contribution >= 0.6 is 0 Å². The number of carbonyl (C=O) groups excluding carboxylic acids is 1. The zero-order valence-corrected chi connectivity index (χ0v) is 8.69. The summed E-state index contributed by atoms with van der Waals surface area (Å²) in [5.74, 6) is 0.574. The number of rotatable bonds is 2. The Kier molecular flexibility index (Phi) is 5.76. The zero-order valence-electron chi connectivity index (χ0n) is 8.69. The number of carbonyl (C=O) groups is 1. The van der Waals surface area contributed by atoms with E-state index in [0.29, 0.717) is 5.92 Å². The van der Waals surface area contributed by atoms with E-state index >= 15 is 0 Å². The Balaban J connectivity index is 0.000000791. The fourth-order valence-electron chi connectivity index (χ4n) is 1.32. The number of hydrogen-bond acceptors (Lipinski definition) is 3. The molecule has 0 aliphatic rings. The van der Waals surface area contributed by atoms with Crippen LogP contribution in [0.2, 0.25) is 0 Å². The highest BCUT2D eigenvalue weighted by atomic mass is 17.0. The Morgan fingerprint density at radius 3 is 2.07 bits per heavy atom. The standard InChI is InChI=1S/C11H14O.H2O2/c1-8(2)10-6-4-5-7-11(10)9(3)12;1-2/h4-8H,1-3H3;1-2H. The molecule has 0 saturated carbocycles. The maximum Gasteiger partial charge on any atom is 0.160 e. The van der Waals surface area contributed by atoms with Crippen molar-refractivity contribution in [3.63, 3.8) is 0 Å². The van der Waals surface area contributed by atoms with Gasteiger partial charge in [0.2, 0.25) is 0 Å². The van der Waals surface area contributed by atoms with Crippen LogP contribution < -0.4 is 0 Å². The van der Waals surface area contributed by atoms with E-state index in [1.807, 2.05) is 24.3 Å². The van der Waals surface area contributed by atoms with Gasteiger partial charge in [0.25, 0.3) is 0 Å². The molecule has 0 unspecified atom stereocenters. The van der Waals surface area contributed by atoms with Crippen molar-refractivity contribution < 1.29 is 15.3 Å². The molecule has 0 aliphatic carbocycles. The molecule has 1 rings (SSSR count). The molecular weight excluding hydrogens is 180 g/mol. The van der Waals surface area contributed by atoms with E-state index in [1.165, 1.54) is 0 Å². The number of hydrogen-bond donors (Lipinski definition) is 2. The van der Waals surface area contributed by atoms with E-state index in [9.17, 15) is 4.79 Å². The molecule has 0 amide bonds. The van der Waals surface area contributed by atoms with Crippen LogP contribution in [0.1, 0.15) is 42.6 Å². The highest BCUT2D eigenvalue weighted by molar-refractivity contribution is 5.95. The Morgan fingerprint density at radius 2 is 1.71 bits per heavy atom. The second-order valence-corrected chi connectivity index (χ2v) is 3.30. The second-order valence-electron chi connectivity index (χ2n) is 3.30. The summed E-state index contributed by atoms with van der Waals surface area (Å²) in [6.45, 7) is 5.81. The van der Waals surface area contributed by atoms with Crippen LogP contribution in [0, 0.1) is 0 Å². The molecular formula is C11H16O3. The summed E-state index contributed by atoms with van der Waals surface area (Å²) in [7, 11) is 0. The molecule has 0 fully saturated rings. The van der Waals surface area contributed by atoms with Gasteiger partial charge < -0.3 is 0 Å². The molecule has 0 radical (unpaired) electrons. The van der Waals surface area contributed by atoms with Gasteiger partial charge in [0.05, 0.1) is 0 Å². The molecule has 0 heterocycles. The van der Waals surface area contributed by atoms with Crippen molar-refractivity contribution in [2.75, 3.05) is 0 Å². The van der Waals surface area contributed by atoms with Crippen LogP contribution in [0.5, 0.6) is 0 Å². The molecule has 3 heteroatoms. The number of ketones is 1. The number of Topliss-reactive ketones (excluding diaryl/α,β-unsaturated/α-hetero) is 1. The van der Waals surface area contributed by atoms with Gasteiger partial charge in [-0.05, 0) is 18.4 Å². The fourth-order valence-corrected chi connectivity index (χ4v) is 1.32. The van der Waals surface area contributed by atoms with Crippen molar-refractivity contribution >= 4 is 5.78 Å². The number of benzene rings is 1. The van der Waals surface area contributed by atoms with Gasteiger partial charge in [0.1, 0.15) is 0 Å². The van der Waals surface area contributed by atoms with Gasteiger partial charge in [-0.25, -0.2) is 0 Å². The lowest BCUT2D eigenvalue weighted by atomic mass is 9.95. The minimum Gasteiger partial charge on any atom is -0.295 e. The molecule has 0 aliphatic heterocycles. The molecule has 0 spiro atoms. The first kappa shape index (κ1) is 12.8. The summed E-state index contributed by atoms with van der Waals surface area (Å²) in [5.41, 5.74) is 2.00. The maximum atomic E-state index is 11.2. The molecule has 1 aromatic carbocycles.